The molecule has 2 aromatic carbocycles. The molecule has 3 aromatic rings. The SMILES string of the molecule is COc1nc2ccccc2nc1N1CCC[C@H](C(=O)Nc2ccccc2F)C1. The molecule has 1 saturated heterocycles. The van der Waals surface area contributed by atoms with Gasteiger partial charge in [-0.05, 0) is 37.1 Å². The molecule has 7 heteroatoms. The maximum Gasteiger partial charge on any atom is 0.257 e. The van der Waals surface area contributed by atoms with E-state index in [1.165, 1.54) is 6.07 Å². The number of carbonyl (C=O) groups excluding carboxylic acids is 1. The second-order valence-corrected chi connectivity index (χ2v) is 6.80. The van der Waals surface area contributed by atoms with Crippen molar-refractivity contribution in [3.8, 4) is 5.88 Å². The second-order valence-electron chi connectivity index (χ2n) is 6.80. The average molecular weight is 380 g/mol. The number of aromatic nitrogens is 2. The number of nitrogens with zero attached hydrogens (tertiary/aromatic N) is 3. The number of carbonyl (C=O) groups is 1. The summed E-state index contributed by atoms with van der Waals surface area (Å²) in [5.74, 6) is 0.165. The number of amides is 1. The molecule has 4 rings (SSSR count). The Kier molecular flexibility index (Phi) is 5.06. The topological polar surface area (TPSA) is 67.4 Å². The molecule has 2 heterocycles. The number of nitrogens with one attached hydrogen (secondary N) is 1. The van der Waals surface area contributed by atoms with Crippen molar-refractivity contribution in [1.29, 1.82) is 0 Å². The van der Waals surface area contributed by atoms with E-state index in [4.69, 9.17) is 9.72 Å². The van der Waals surface area contributed by atoms with E-state index in [1.807, 2.05) is 29.2 Å². The van der Waals surface area contributed by atoms with Gasteiger partial charge in [0.15, 0.2) is 5.82 Å². The van der Waals surface area contributed by atoms with Gasteiger partial charge in [-0.1, -0.05) is 24.3 Å². The first-order chi connectivity index (χ1) is 13.7. The van der Waals surface area contributed by atoms with Crippen LogP contribution in [0.3, 0.4) is 0 Å². The molecule has 6 nitrogen and oxygen atoms in total. The van der Waals surface area contributed by atoms with Crippen molar-refractivity contribution in [3.63, 3.8) is 0 Å². The molecule has 1 aliphatic heterocycles. The molecule has 0 bridgehead atoms. The first-order valence-electron chi connectivity index (χ1n) is 9.27. The van der Waals surface area contributed by atoms with Crippen molar-refractivity contribution >= 4 is 28.4 Å². The van der Waals surface area contributed by atoms with Gasteiger partial charge in [0.1, 0.15) is 5.82 Å². The van der Waals surface area contributed by atoms with Crippen molar-refractivity contribution in [1.82, 2.24) is 9.97 Å². The predicted molar refractivity (Wildman–Crippen MR) is 106 cm³/mol. The van der Waals surface area contributed by atoms with Gasteiger partial charge in [0.25, 0.3) is 5.88 Å². The van der Waals surface area contributed by atoms with Gasteiger partial charge in [-0.15, -0.1) is 0 Å². The highest BCUT2D eigenvalue weighted by Crippen LogP contribution is 2.30. The van der Waals surface area contributed by atoms with Gasteiger partial charge in [-0.2, -0.15) is 0 Å². The Bertz CT molecular complexity index is 1010. The van der Waals surface area contributed by atoms with Crippen LogP contribution in [0.1, 0.15) is 12.8 Å². The Morgan fingerprint density at radius 1 is 1.14 bits per heavy atom. The Morgan fingerprint density at radius 2 is 1.86 bits per heavy atom. The van der Waals surface area contributed by atoms with Gasteiger partial charge in [0.2, 0.25) is 5.91 Å². The van der Waals surface area contributed by atoms with Crippen molar-refractivity contribution in [2.24, 2.45) is 5.92 Å². The van der Waals surface area contributed by atoms with Crippen LogP contribution in [0.2, 0.25) is 0 Å². The largest absolute Gasteiger partial charge is 0.478 e. The summed E-state index contributed by atoms with van der Waals surface area (Å²) in [5.41, 5.74) is 1.73. The minimum Gasteiger partial charge on any atom is -0.478 e. The average Bonchev–Trinajstić information content (AvgIpc) is 2.74. The van der Waals surface area contributed by atoms with Crippen LogP contribution in [-0.2, 0) is 4.79 Å². The molecule has 0 spiro atoms. The minimum absolute atomic E-state index is 0.192. The van der Waals surface area contributed by atoms with E-state index in [9.17, 15) is 9.18 Å². The number of fused-ring (bicyclic) bond motifs is 1. The lowest BCUT2D eigenvalue weighted by Crippen LogP contribution is -2.41. The second kappa shape index (κ2) is 7.80. The number of anilines is 2. The highest BCUT2D eigenvalue weighted by Gasteiger charge is 2.29. The normalized spacial score (nSPS) is 16.8. The zero-order valence-corrected chi connectivity index (χ0v) is 15.6. The fraction of sp³-hybridized carbons (Fsp3) is 0.286. The van der Waals surface area contributed by atoms with Gasteiger partial charge >= 0.3 is 0 Å². The highest BCUT2D eigenvalue weighted by molar-refractivity contribution is 5.93. The fourth-order valence-corrected chi connectivity index (χ4v) is 3.50. The van der Waals surface area contributed by atoms with Crippen LogP contribution in [0.25, 0.3) is 11.0 Å². The van der Waals surface area contributed by atoms with Crippen LogP contribution in [-0.4, -0.2) is 36.1 Å². The molecule has 1 amide bonds. The molecular formula is C21H21FN4O2. The van der Waals surface area contributed by atoms with Gasteiger partial charge in [-0.25, -0.2) is 14.4 Å². The summed E-state index contributed by atoms with van der Waals surface area (Å²) < 4.78 is 19.3. The molecule has 1 N–H and O–H groups in total. The van der Waals surface area contributed by atoms with Gasteiger partial charge in [0, 0.05) is 13.1 Å². The lowest BCUT2D eigenvalue weighted by molar-refractivity contribution is -0.120. The van der Waals surface area contributed by atoms with Crippen LogP contribution < -0.4 is 15.0 Å². The number of piperidine rings is 1. The van der Waals surface area contributed by atoms with Crippen LogP contribution in [0.15, 0.2) is 48.5 Å². The summed E-state index contributed by atoms with van der Waals surface area (Å²) >= 11 is 0. The standard InChI is InChI=1S/C21H21FN4O2/c1-28-21-19(23-17-10-4-5-11-18(17)25-21)26-12-6-7-14(13-26)20(27)24-16-9-3-2-8-15(16)22/h2-5,8-11,14H,6-7,12-13H2,1H3,(H,24,27)/t14-/m0/s1. The summed E-state index contributed by atoms with van der Waals surface area (Å²) in [6.07, 6.45) is 1.56. The van der Waals surface area contributed by atoms with Gasteiger partial charge in [0.05, 0.1) is 29.7 Å². The summed E-state index contributed by atoms with van der Waals surface area (Å²) in [7, 11) is 1.56. The molecule has 144 valence electrons. The van der Waals surface area contributed by atoms with Gasteiger partial charge < -0.3 is 15.0 Å². The summed E-state index contributed by atoms with van der Waals surface area (Å²) in [4.78, 5) is 24.0. The van der Waals surface area contributed by atoms with E-state index >= 15 is 0 Å². The predicted octanol–water partition coefficient (Wildman–Crippen LogP) is 3.63. The quantitative estimate of drug-likeness (QED) is 0.749. The first kappa shape index (κ1) is 18.2. The molecule has 1 atom stereocenters. The molecule has 0 radical (unpaired) electrons. The Labute approximate surface area is 162 Å². The van der Waals surface area contributed by atoms with E-state index in [1.54, 1.807) is 25.3 Å². The van der Waals surface area contributed by atoms with Crippen molar-refractivity contribution in [3.05, 3.63) is 54.3 Å². The zero-order valence-electron chi connectivity index (χ0n) is 15.6. The van der Waals surface area contributed by atoms with Crippen LogP contribution >= 0.6 is 0 Å². The lowest BCUT2D eigenvalue weighted by Gasteiger charge is -2.33. The molecule has 1 aromatic heterocycles. The van der Waals surface area contributed by atoms with Crippen molar-refractivity contribution in [2.75, 3.05) is 30.4 Å². The summed E-state index contributed by atoms with van der Waals surface area (Å²) in [6.45, 7) is 1.23. The summed E-state index contributed by atoms with van der Waals surface area (Å²) in [6, 6.07) is 13.8. The number of halogens is 1. The van der Waals surface area contributed by atoms with Crippen LogP contribution in [0.4, 0.5) is 15.9 Å². The number of rotatable bonds is 4. The third kappa shape index (κ3) is 3.60. The van der Waals surface area contributed by atoms with Gasteiger partial charge in [-0.3, -0.25) is 4.79 Å². The molecule has 1 aliphatic rings. The number of para-hydroxylation sites is 3. The number of benzene rings is 2. The Morgan fingerprint density at radius 3 is 2.61 bits per heavy atom. The van der Waals surface area contributed by atoms with E-state index < -0.39 is 5.82 Å². The first-order valence-corrected chi connectivity index (χ1v) is 9.27. The molecule has 0 saturated carbocycles. The number of hydrogen-bond acceptors (Lipinski definition) is 5. The highest BCUT2D eigenvalue weighted by atomic mass is 19.1. The molecular weight excluding hydrogens is 359 g/mol. The molecule has 28 heavy (non-hydrogen) atoms. The molecule has 0 unspecified atom stereocenters. The molecule has 1 fully saturated rings. The smallest absolute Gasteiger partial charge is 0.257 e. The number of methoxy groups -OCH3 is 1. The fourth-order valence-electron chi connectivity index (χ4n) is 3.50. The zero-order chi connectivity index (χ0) is 19.5. The van der Waals surface area contributed by atoms with Crippen molar-refractivity contribution < 1.29 is 13.9 Å². The minimum atomic E-state index is -0.439. The Hall–Kier alpha value is -3.22. The molecule has 0 aliphatic carbocycles. The maximum atomic E-state index is 13.8. The van der Waals surface area contributed by atoms with E-state index in [0.29, 0.717) is 18.2 Å². The lowest BCUT2D eigenvalue weighted by atomic mass is 9.97. The third-order valence-corrected chi connectivity index (χ3v) is 4.94. The van der Waals surface area contributed by atoms with Crippen LogP contribution in [0, 0.1) is 11.7 Å². The van der Waals surface area contributed by atoms with E-state index in [-0.39, 0.29) is 17.5 Å². The van der Waals surface area contributed by atoms with E-state index in [2.05, 4.69) is 10.3 Å². The maximum absolute atomic E-state index is 13.8. The van der Waals surface area contributed by atoms with E-state index in [0.717, 1.165) is 30.4 Å². The summed E-state index contributed by atoms with van der Waals surface area (Å²) in [5, 5.41) is 2.70. The number of hydrogen-bond donors (Lipinski definition) is 1. The Balaban J connectivity index is 1.56. The third-order valence-electron chi connectivity index (χ3n) is 4.94. The van der Waals surface area contributed by atoms with Crippen molar-refractivity contribution in [2.45, 2.75) is 12.8 Å². The number of ether oxygens (including phenoxy) is 1. The monoisotopic (exact) mass is 380 g/mol. The van der Waals surface area contributed by atoms with Crippen LogP contribution in [0.5, 0.6) is 5.88 Å².